The van der Waals surface area contributed by atoms with Crippen LogP contribution in [0.25, 0.3) is 0 Å². The first kappa shape index (κ1) is 10.1. The molecule has 0 aromatic carbocycles. The summed E-state index contributed by atoms with van der Waals surface area (Å²) in [4.78, 5) is 35.4. The summed E-state index contributed by atoms with van der Waals surface area (Å²) in [5.74, 6) is -0.865. The third kappa shape index (κ3) is 1.62. The molecule has 82 valence electrons. The molecule has 0 bridgehead atoms. The van der Waals surface area contributed by atoms with E-state index < -0.39 is 11.9 Å². The standard InChI is InChI=1S/C10H14N2O3/c1-10(4-2-3-5-10)12-8(14)6-7(13)11-9(12)15/h2-6H2,1H3,(H,11,13,15). The minimum Gasteiger partial charge on any atom is -0.277 e. The number of rotatable bonds is 1. The zero-order valence-corrected chi connectivity index (χ0v) is 8.71. The van der Waals surface area contributed by atoms with Gasteiger partial charge in [-0.2, -0.15) is 0 Å². The van der Waals surface area contributed by atoms with Crippen molar-refractivity contribution in [2.24, 2.45) is 0 Å². The maximum Gasteiger partial charge on any atom is 0.331 e. The van der Waals surface area contributed by atoms with Gasteiger partial charge in [-0.1, -0.05) is 12.8 Å². The maximum atomic E-state index is 11.7. The molecule has 0 radical (unpaired) electrons. The molecule has 1 N–H and O–H groups in total. The molecule has 1 aliphatic heterocycles. The number of barbiturate groups is 1. The van der Waals surface area contributed by atoms with Gasteiger partial charge in [-0.25, -0.2) is 4.79 Å². The predicted molar refractivity (Wildman–Crippen MR) is 51.9 cm³/mol. The number of carbonyl (C=O) groups excluding carboxylic acids is 3. The van der Waals surface area contributed by atoms with Crippen LogP contribution in [-0.4, -0.2) is 28.3 Å². The lowest BCUT2D eigenvalue weighted by atomic mass is 9.97. The van der Waals surface area contributed by atoms with Gasteiger partial charge in [0, 0.05) is 5.54 Å². The Morgan fingerprint density at radius 3 is 2.33 bits per heavy atom. The molecule has 1 saturated heterocycles. The van der Waals surface area contributed by atoms with E-state index in [9.17, 15) is 14.4 Å². The first-order valence-corrected chi connectivity index (χ1v) is 5.20. The van der Waals surface area contributed by atoms with Crippen LogP contribution in [0.3, 0.4) is 0 Å². The number of hydrogen-bond acceptors (Lipinski definition) is 3. The van der Waals surface area contributed by atoms with E-state index >= 15 is 0 Å². The van der Waals surface area contributed by atoms with Crippen LogP contribution in [0.2, 0.25) is 0 Å². The zero-order chi connectivity index (χ0) is 11.1. The smallest absolute Gasteiger partial charge is 0.277 e. The summed E-state index contributed by atoms with van der Waals surface area (Å²) < 4.78 is 0. The predicted octanol–water partition coefficient (Wildman–Crippen LogP) is 0.788. The Balaban J connectivity index is 2.23. The van der Waals surface area contributed by atoms with Crippen LogP contribution in [-0.2, 0) is 9.59 Å². The highest BCUT2D eigenvalue weighted by Crippen LogP contribution is 2.35. The molecule has 1 heterocycles. The van der Waals surface area contributed by atoms with Crippen molar-refractivity contribution in [2.45, 2.75) is 44.6 Å². The molecule has 2 rings (SSSR count). The number of urea groups is 1. The van der Waals surface area contributed by atoms with Crippen molar-refractivity contribution in [3.63, 3.8) is 0 Å². The van der Waals surface area contributed by atoms with E-state index in [-0.39, 0.29) is 17.9 Å². The van der Waals surface area contributed by atoms with Crippen LogP contribution in [0.1, 0.15) is 39.0 Å². The second-order valence-electron chi connectivity index (χ2n) is 4.46. The van der Waals surface area contributed by atoms with Gasteiger partial charge in [0.1, 0.15) is 6.42 Å². The Morgan fingerprint density at radius 1 is 1.20 bits per heavy atom. The Morgan fingerprint density at radius 2 is 1.80 bits per heavy atom. The molecule has 5 heteroatoms. The molecule has 5 nitrogen and oxygen atoms in total. The van der Waals surface area contributed by atoms with Crippen molar-refractivity contribution in [1.82, 2.24) is 10.2 Å². The molecule has 0 atom stereocenters. The monoisotopic (exact) mass is 210 g/mol. The normalized spacial score (nSPS) is 25.7. The second kappa shape index (κ2) is 3.32. The lowest BCUT2D eigenvalue weighted by Crippen LogP contribution is -2.60. The summed E-state index contributed by atoms with van der Waals surface area (Å²) in [5, 5.41) is 2.19. The molecule has 1 aliphatic carbocycles. The molecule has 0 spiro atoms. The van der Waals surface area contributed by atoms with Gasteiger partial charge < -0.3 is 0 Å². The van der Waals surface area contributed by atoms with Gasteiger partial charge in [-0.15, -0.1) is 0 Å². The first-order valence-electron chi connectivity index (χ1n) is 5.20. The third-order valence-corrected chi connectivity index (χ3v) is 3.23. The van der Waals surface area contributed by atoms with Crippen molar-refractivity contribution in [3.8, 4) is 0 Å². The highest BCUT2D eigenvalue weighted by molar-refractivity contribution is 6.14. The fourth-order valence-corrected chi connectivity index (χ4v) is 2.46. The van der Waals surface area contributed by atoms with Crippen molar-refractivity contribution in [3.05, 3.63) is 0 Å². The van der Waals surface area contributed by atoms with Gasteiger partial charge in [0.2, 0.25) is 11.8 Å². The van der Waals surface area contributed by atoms with E-state index in [1.165, 1.54) is 4.90 Å². The third-order valence-electron chi connectivity index (χ3n) is 3.23. The molecule has 0 unspecified atom stereocenters. The van der Waals surface area contributed by atoms with Gasteiger partial charge in [0.15, 0.2) is 0 Å². The minimum atomic E-state index is -0.555. The molecule has 15 heavy (non-hydrogen) atoms. The Labute approximate surface area is 87.8 Å². The Bertz CT molecular complexity index is 312. The quantitative estimate of drug-likeness (QED) is 0.650. The second-order valence-corrected chi connectivity index (χ2v) is 4.46. The van der Waals surface area contributed by atoms with E-state index in [0.717, 1.165) is 25.7 Å². The number of amides is 4. The molecule has 4 amide bonds. The topological polar surface area (TPSA) is 66.5 Å². The van der Waals surface area contributed by atoms with Crippen LogP contribution in [0.15, 0.2) is 0 Å². The van der Waals surface area contributed by atoms with Crippen molar-refractivity contribution in [2.75, 3.05) is 0 Å². The molecular weight excluding hydrogens is 196 g/mol. The van der Waals surface area contributed by atoms with E-state index in [2.05, 4.69) is 5.32 Å². The average Bonchev–Trinajstić information content (AvgIpc) is 2.50. The summed E-state index contributed by atoms with van der Waals surface area (Å²) in [6.07, 6.45) is 3.52. The summed E-state index contributed by atoms with van der Waals surface area (Å²) in [7, 11) is 0. The maximum absolute atomic E-state index is 11.7. The lowest BCUT2D eigenvalue weighted by Gasteiger charge is -2.38. The van der Waals surface area contributed by atoms with Crippen LogP contribution >= 0.6 is 0 Å². The van der Waals surface area contributed by atoms with Crippen LogP contribution in [0.5, 0.6) is 0 Å². The van der Waals surface area contributed by atoms with Crippen LogP contribution in [0.4, 0.5) is 4.79 Å². The van der Waals surface area contributed by atoms with Crippen LogP contribution < -0.4 is 5.32 Å². The van der Waals surface area contributed by atoms with E-state index in [0.29, 0.717) is 0 Å². The summed E-state index contributed by atoms with van der Waals surface area (Å²) in [6, 6.07) is -0.555. The minimum absolute atomic E-state index is 0.207. The van der Waals surface area contributed by atoms with Crippen LogP contribution in [0, 0.1) is 0 Å². The number of hydrogen-bond donors (Lipinski definition) is 1. The average molecular weight is 210 g/mol. The highest BCUT2D eigenvalue weighted by atomic mass is 16.2. The van der Waals surface area contributed by atoms with Crippen molar-refractivity contribution < 1.29 is 14.4 Å². The van der Waals surface area contributed by atoms with Gasteiger partial charge in [-0.3, -0.25) is 19.8 Å². The number of carbonyl (C=O) groups is 3. The van der Waals surface area contributed by atoms with Gasteiger partial charge in [0.25, 0.3) is 0 Å². The van der Waals surface area contributed by atoms with Gasteiger partial charge in [0.05, 0.1) is 0 Å². The fourth-order valence-electron chi connectivity index (χ4n) is 2.46. The summed E-state index contributed by atoms with van der Waals surface area (Å²) in [6.45, 7) is 1.91. The SMILES string of the molecule is CC1(N2C(=O)CC(=O)NC2=O)CCCC1. The Hall–Kier alpha value is -1.39. The summed E-state index contributed by atoms with van der Waals surface area (Å²) in [5.41, 5.74) is -0.387. The highest BCUT2D eigenvalue weighted by Gasteiger charge is 2.44. The van der Waals surface area contributed by atoms with E-state index in [1.54, 1.807) is 0 Å². The molecule has 2 aliphatic rings. The number of nitrogens with zero attached hydrogens (tertiary/aromatic N) is 1. The van der Waals surface area contributed by atoms with Gasteiger partial charge in [-0.05, 0) is 19.8 Å². The lowest BCUT2D eigenvalue weighted by molar-refractivity contribution is -0.139. The molecule has 0 aromatic heterocycles. The molecular formula is C10H14N2O3. The van der Waals surface area contributed by atoms with E-state index in [1.807, 2.05) is 6.92 Å². The number of imide groups is 2. The Kier molecular flexibility index (Phi) is 2.25. The molecule has 0 aromatic rings. The zero-order valence-electron chi connectivity index (χ0n) is 8.71. The molecule has 1 saturated carbocycles. The van der Waals surface area contributed by atoms with Crippen molar-refractivity contribution in [1.29, 1.82) is 0 Å². The number of nitrogens with one attached hydrogen (secondary N) is 1. The van der Waals surface area contributed by atoms with Gasteiger partial charge >= 0.3 is 6.03 Å². The van der Waals surface area contributed by atoms with Crippen molar-refractivity contribution >= 4 is 17.8 Å². The molecule has 2 fully saturated rings. The summed E-state index contributed by atoms with van der Waals surface area (Å²) >= 11 is 0. The van der Waals surface area contributed by atoms with E-state index in [4.69, 9.17) is 0 Å². The first-order chi connectivity index (χ1) is 7.03. The fraction of sp³-hybridized carbons (Fsp3) is 0.700. The largest absolute Gasteiger partial charge is 0.331 e.